The van der Waals surface area contributed by atoms with E-state index in [-0.39, 0.29) is 5.91 Å². The highest BCUT2D eigenvalue weighted by molar-refractivity contribution is 7.13. The zero-order chi connectivity index (χ0) is 21.4. The summed E-state index contributed by atoms with van der Waals surface area (Å²) < 4.78 is 5.87. The van der Waals surface area contributed by atoms with Crippen molar-refractivity contribution < 1.29 is 9.53 Å². The number of aromatic nitrogens is 1. The first-order valence-electron chi connectivity index (χ1n) is 9.97. The zero-order valence-electron chi connectivity index (χ0n) is 16.8. The topological polar surface area (TPSA) is 42.4 Å². The average Bonchev–Trinajstić information content (AvgIpc) is 3.29. The monoisotopic (exact) mass is 446 g/mol. The van der Waals surface area contributed by atoms with E-state index in [9.17, 15) is 4.79 Å². The molecule has 1 atom stereocenters. The Morgan fingerprint density at radius 1 is 1.03 bits per heavy atom. The quantitative estimate of drug-likeness (QED) is 0.362. The van der Waals surface area contributed by atoms with Crippen LogP contribution in [0.4, 0.5) is 5.69 Å². The Labute approximate surface area is 189 Å². The summed E-state index contributed by atoms with van der Waals surface area (Å²) in [5.41, 5.74) is 4.52. The van der Waals surface area contributed by atoms with Gasteiger partial charge in [0, 0.05) is 21.5 Å². The molecule has 1 aliphatic rings. The number of fused-ring (bicyclic) bond motifs is 1. The Hall–Kier alpha value is -3.15. The largest absolute Gasteiger partial charge is 0.479 e. The van der Waals surface area contributed by atoms with Crippen molar-refractivity contribution in [3.05, 3.63) is 88.8 Å². The van der Waals surface area contributed by atoms with E-state index in [1.165, 1.54) is 0 Å². The molecule has 0 fully saturated rings. The van der Waals surface area contributed by atoms with E-state index < -0.39 is 6.10 Å². The van der Waals surface area contributed by atoms with Gasteiger partial charge in [0.05, 0.1) is 17.9 Å². The van der Waals surface area contributed by atoms with Crippen molar-refractivity contribution in [2.75, 3.05) is 4.90 Å². The van der Waals surface area contributed by atoms with E-state index in [0.717, 1.165) is 33.1 Å². The third kappa shape index (κ3) is 3.82. The summed E-state index contributed by atoms with van der Waals surface area (Å²) in [7, 11) is 0. The highest BCUT2D eigenvalue weighted by Crippen LogP contribution is 2.39. The third-order valence-corrected chi connectivity index (χ3v) is 6.53. The summed E-state index contributed by atoms with van der Waals surface area (Å²) in [4.78, 5) is 19.5. The number of thiazole rings is 1. The van der Waals surface area contributed by atoms with Crippen LogP contribution in [0.1, 0.15) is 12.5 Å². The van der Waals surface area contributed by atoms with Crippen LogP contribution in [0.3, 0.4) is 0 Å². The molecule has 0 saturated heterocycles. The van der Waals surface area contributed by atoms with E-state index in [1.54, 1.807) is 23.2 Å². The number of hydrogen-bond donors (Lipinski definition) is 0. The van der Waals surface area contributed by atoms with Crippen molar-refractivity contribution >= 4 is 34.5 Å². The summed E-state index contributed by atoms with van der Waals surface area (Å²) in [5, 5.41) is 3.64. The summed E-state index contributed by atoms with van der Waals surface area (Å²) >= 11 is 7.97. The van der Waals surface area contributed by atoms with Crippen molar-refractivity contribution in [2.24, 2.45) is 0 Å². The lowest BCUT2D eigenvalue weighted by Crippen LogP contribution is -2.44. The molecule has 5 rings (SSSR count). The molecule has 4 aromatic rings. The molecule has 2 heterocycles. The summed E-state index contributed by atoms with van der Waals surface area (Å²) in [5.74, 6) is 0.592. The van der Waals surface area contributed by atoms with Crippen LogP contribution < -0.4 is 9.64 Å². The molecule has 0 spiro atoms. The summed E-state index contributed by atoms with van der Waals surface area (Å²) in [6.07, 6.45) is -0.551. The van der Waals surface area contributed by atoms with Gasteiger partial charge in [-0.25, -0.2) is 4.98 Å². The Bertz CT molecular complexity index is 1260. The van der Waals surface area contributed by atoms with Gasteiger partial charge >= 0.3 is 0 Å². The second kappa shape index (κ2) is 8.17. The molecule has 31 heavy (non-hydrogen) atoms. The molecule has 0 N–H and O–H groups in total. The number of carbonyl (C=O) groups excluding carboxylic acids is 1. The van der Waals surface area contributed by atoms with E-state index in [0.29, 0.717) is 17.3 Å². The second-order valence-electron chi connectivity index (χ2n) is 7.36. The molecule has 0 aliphatic carbocycles. The van der Waals surface area contributed by atoms with Crippen LogP contribution in [0.25, 0.3) is 21.8 Å². The molecule has 154 valence electrons. The number of nitrogens with zero attached hydrogens (tertiary/aromatic N) is 2. The molecular weight excluding hydrogens is 428 g/mol. The van der Waals surface area contributed by atoms with Gasteiger partial charge in [0.25, 0.3) is 5.91 Å². The summed E-state index contributed by atoms with van der Waals surface area (Å²) in [6, 6.07) is 23.6. The Balaban J connectivity index is 1.53. The van der Waals surface area contributed by atoms with Gasteiger partial charge < -0.3 is 9.64 Å². The Morgan fingerprint density at radius 3 is 2.61 bits per heavy atom. The van der Waals surface area contributed by atoms with Crippen LogP contribution >= 0.6 is 22.9 Å². The maximum absolute atomic E-state index is 13.0. The van der Waals surface area contributed by atoms with E-state index in [2.05, 4.69) is 12.1 Å². The zero-order valence-corrected chi connectivity index (χ0v) is 18.4. The van der Waals surface area contributed by atoms with Crippen molar-refractivity contribution in [3.63, 3.8) is 0 Å². The molecule has 1 amide bonds. The van der Waals surface area contributed by atoms with Gasteiger partial charge in [-0.2, -0.15) is 0 Å². The minimum Gasteiger partial charge on any atom is -0.479 e. The average molecular weight is 447 g/mol. The molecule has 1 unspecified atom stereocenters. The maximum atomic E-state index is 13.0. The van der Waals surface area contributed by atoms with Crippen LogP contribution in [-0.2, 0) is 11.3 Å². The molecule has 6 heteroatoms. The van der Waals surface area contributed by atoms with Gasteiger partial charge in [-0.15, -0.1) is 11.3 Å². The van der Waals surface area contributed by atoms with Crippen LogP contribution in [0.2, 0.25) is 5.02 Å². The molecule has 4 nitrogen and oxygen atoms in total. The van der Waals surface area contributed by atoms with Crippen LogP contribution in [0.15, 0.2) is 78.2 Å². The van der Waals surface area contributed by atoms with Crippen molar-refractivity contribution in [3.8, 4) is 27.6 Å². The lowest BCUT2D eigenvalue weighted by molar-refractivity contribution is -0.125. The fourth-order valence-electron chi connectivity index (χ4n) is 3.65. The SMILES string of the molecule is CC1Oc2ccc(-c3csc(-c4ccccc4)n3)cc2N(Cc2ccccc2Cl)C1=O. The first-order valence-corrected chi connectivity index (χ1v) is 11.2. The minimum absolute atomic E-state index is 0.0900. The number of halogens is 1. The van der Waals surface area contributed by atoms with Crippen molar-refractivity contribution in [1.82, 2.24) is 4.98 Å². The molecule has 0 saturated carbocycles. The molecular formula is C25H19ClN2O2S. The van der Waals surface area contributed by atoms with E-state index in [1.807, 2.05) is 66.0 Å². The standard InChI is InChI=1S/C25H19ClN2O2S/c1-16-25(29)28(14-19-9-5-6-10-20(19)26)22-13-18(11-12-23(22)30-16)21-15-31-24(27-21)17-7-3-2-4-8-17/h2-13,15-16H,14H2,1H3. The lowest BCUT2D eigenvalue weighted by Gasteiger charge is -2.33. The Kier molecular flexibility index (Phi) is 5.22. The predicted molar refractivity (Wildman–Crippen MR) is 126 cm³/mol. The van der Waals surface area contributed by atoms with Gasteiger partial charge in [0.2, 0.25) is 0 Å². The molecule has 1 aromatic heterocycles. The molecule has 0 bridgehead atoms. The number of hydrogen-bond acceptors (Lipinski definition) is 4. The fraction of sp³-hybridized carbons (Fsp3) is 0.120. The minimum atomic E-state index is -0.551. The number of rotatable bonds is 4. The van der Waals surface area contributed by atoms with Crippen molar-refractivity contribution in [2.45, 2.75) is 19.6 Å². The second-order valence-corrected chi connectivity index (χ2v) is 8.63. The third-order valence-electron chi connectivity index (χ3n) is 5.27. The predicted octanol–water partition coefficient (Wildman–Crippen LogP) is 6.44. The smallest absolute Gasteiger partial charge is 0.268 e. The number of benzene rings is 3. The summed E-state index contributed by atoms with van der Waals surface area (Å²) in [6.45, 7) is 2.15. The van der Waals surface area contributed by atoms with Crippen molar-refractivity contribution in [1.29, 1.82) is 0 Å². The highest BCUT2D eigenvalue weighted by atomic mass is 35.5. The molecule has 1 aliphatic heterocycles. The number of carbonyl (C=O) groups is 1. The van der Waals surface area contributed by atoms with Gasteiger partial charge in [-0.1, -0.05) is 60.1 Å². The van der Waals surface area contributed by atoms with Crippen LogP contribution in [-0.4, -0.2) is 17.0 Å². The van der Waals surface area contributed by atoms with Crippen LogP contribution in [0, 0.1) is 0 Å². The van der Waals surface area contributed by atoms with Gasteiger partial charge in [0.15, 0.2) is 6.10 Å². The van der Waals surface area contributed by atoms with Gasteiger partial charge in [0.1, 0.15) is 10.8 Å². The van der Waals surface area contributed by atoms with E-state index in [4.69, 9.17) is 21.3 Å². The molecule has 0 radical (unpaired) electrons. The normalized spacial score (nSPS) is 15.5. The first-order chi connectivity index (χ1) is 15.1. The van der Waals surface area contributed by atoms with Crippen LogP contribution in [0.5, 0.6) is 5.75 Å². The van der Waals surface area contributed by atoms with E-state index >= 15 is 0 Å². The van der Waals surface area contributed by atoms with Gasteiger partial charge in [-0.3, -0.25) is 4.79 Å². The van der Waals surface area contributed by atoms with Gasteiger partial charge in [-0.05, 0) is 36.8 Å². The number of ether oxygens (including phenoxy) is 1. The first kappa shape index (κ1) is 19.8. The fourth-order valence-corrected chi connectivity index (χ4v) is 4.68. The molecule has 3 aromatic carbocycles. The number of amides is 1. The Morgan fingerprint density at radius 2 is 1.81 bits per heavy atom. The lowest BCUT2D eigenvalue weighted by atomic mass is 10.1. The maximum Gasteiger partial charge on any atom is 0.268 e. The number of anilines is 1. The highest BCUT2D eigenvalue weighted by Gasteiger charge is 2.32.